The molecule has 0 radical (unpaired) electrons. The summed E-state index contributed by atoms with van der Waals surface area (Å²) >= 11 is 0. The van der Waals surface area contributed by atoms with Gasteiger partial charge in [0.2, 0.25) is 0 Å². The molecule has 0 saturated heterocycles. The number of carbonyl (C=O) groups excluding carboxylic acids is 1. The molecular weight excluding hydrogens is 443 g/mol. The Kier molecular flexibility index (Phi) is 8.26. The van der Waals surface area contributed by atoms with Crippen molar-refractivity contribution in [2.24, 2.45) is 11.3 Å². The summed E-state index contributed by atoms with van der Waals surface area (Å²) in [6.45, 7) is 12.2. The maximum Gasteiger partial charge on any atom is 0.311 e. The standard InChI is InChI=1S/C29H35FN2O3/c1-19(2)16-24-20(3)31-27(32(28(24)34)15-14-21-10-9-11-22(30)17-21)23-12-7-8-13-25(23)35-26(33)18-29(4,5)6/h7-13,17,19H,14-16,18H2,1-6H3. The number of halogens is 1. The molecular formula is C29H35FN2O3. The number of hydrogen-bond acceptors (Lipinski definition) is 4. The van der Waals surface area contributed by atoms with Crippen molar-refractivity contribution in [2.45, 2.75) is 67.3 Å². The number of esters is 1. The second-order valence-electron chi connectivity index (χ2n) is 10.6. The van der Waals surface area contributed by atoms with Gasteiger partial charge in [-0.1, -0.05) is 58.9 Å². The minimum absolute atomic E-state index is 0.117. The minimum Gasteiger partial charge on any atom is -0.426 e. The Hall–Kier alpha value is -3.28. The number of rotatable bonds is 8. The fraction of sp³-hybridized carbons (Fsp3) is 0.414. The number of nitrogens with zero attached hydrogens (tertiary/aromatic N) is 2. The highest BCUT2D eigenvalue weighted by atomic mass is 19.1. The van der Waals surface area contributed by atoms with Gasteiger partial charge in [-0.05, 0) is 60.9 Å². The highest BCUT2D eigenvalue weighted by molar-refractivity contribution is 5.76. The first-order valence-corrected chi connectivity index (χ1v) is 12.1. The summed E-state index contributed by atoms with van der Waals surface area (Å²) in [5.74, 6) is 0.441. The second kappa shape index (κ2) is 11.0. The van der Waals surface area contributed by atoms with Gasteiger partial charge in [0.25, 0.3) is 5.56 Å². The van der Waals surface area contributed by atoms with E-state index in [0.717, 1.165) is 5.56 Å². The van der Waals surface area contributed by atoms with Crippen LogP contribution in [0.1, 0.15) is 57.9 Å². The number of benzene rings is 2. The molecule has 0 N–H and O–H groups in total. The van der Waals surface area contributed by atoms with E-state index < -0.39 is 0 Å². The third-order valence-electron chi connectivity index (χ3n) is 5.62. The molecule has 0 unspecified atom stereocenters. The first-order chi connectivity index (χ1) is 16.4. The van der Waals surface area contributed by atoms with Gasteiger partial charge in [-0.3, -0.25) is 14.2 Å². The van der Waals surface area contributed by atoms with Gasteiger partial charge in [0.05, 0.1) is 12.0 Å². The Morgan fingerprint density at radius 3 is 2.49 bits per heavy atom. The van der Waals surface area contributed by atoms with Gasteiger partial charge in [-0.25, -0.2) is 9.37 Å². The van der Waals surface area contributed by atoms with Crippen molar-refractivity contribution in [1.29, 1.82) is 0 Å². The lowest BCUT2D eigenvalue weighted by molar-refractivity contribution is -0.136. The Bertz CT molecular complexity index is 1260. The van der Waals surface area contributed by atoms with Crippen molar-refractivity contribution in [3.05, 3.63) is 81.5 Å². The molecule has 0 atom stereocenters. The van der Waals surface area contributed by atoms with Crippen LogP contribution in [0.4, 0.5) is 4.39 Å². The average molecular weight is 479 g/mol. The highest BCUT2D eigenvalue weighted by Gasteiger charge is 2.22. The van der Waals surface area contributed by atoms with Crippen molar-refractivity contribution in [3.8, 4) is 17.1 Å². The predicted octanol–water partition coefficient (Wildman–Crippen LogP) is 6.14. The lowest BCUT2D eigenvalue weighted by Crippen LogP contribution is -2.30. The van der Waals surface area contributed by atoms with Crippen molar-refractivity contribution in [2.75, 3.05) is 0 Å². The topological polar surface area (TPSA) is 61.2 Å². The second-order valence-corrected chi connectivity index (χ2v) is 10.6. The van der Waals surface area contributed by atoms with Crippen molar-refractivity contribution in [3.63, 3.8) is 0 Å². The number of aryl methyl sites for hydroxylation is 2. The fourth-order valence-corrected chi connectivity index (χ4v) is 4.02. The Morgan fingerprint density at radius 1 is 1.11 bits per heavy atom. The summed E-state index contributed by atoms with van der Waals surface area (Å²) in [5.41, 5.74) is 2.37. The minimum atomic E-state index is -0.341. The lowest BCUT2D eigenvalue weighted by Gasteiger charge is -2.20. The molecule has 0 bridgehead atoms. The summed E-state index contributed by atoms with van der Waals surface area (Å²) in [6, 6.07) is 13.5. The normalized spacial score (nSPS) is 11.7. The molecule has 3 rings (SSSR count). The maximum atomic E-state index is 13.7. The number of ether oxygens (including phenoxy) is 1. The van der Waals surface area contributed by atoms with E-state index in [-0.39, 0.29) is 35.1 Å². The molecule has 35 heavy (non-hydrogen) atoms. The van der Waals surface area contributed by atoms with Gasteiger partial charge < -0.3 is 4.74 Å². The van der Waals surface area contributed by atoms with Gasteiger partial charge in [-0.2, -0.15) is 0 Å². The molecule has 0 saturated carbocycles. The van der Waals surface area contributed by atoms with E-state index in [2.05, 4.69) is 13.8 Å². The van der Waals surface area contributed by atoms with Crippen LogP contribution >= 0.6 is 0 Å². The Labute approximate surface area is 207 Å². The summed E-state index contributed by atoms with van der Waals surface area (Å²) in [5, 5.41) is 0. The van der Waals surface area contributed by atoms with Gasteiger partial charge in [0.15, 0.2) is 0 Å². The van der Waals surface area contributed by atoms with Crippen LogP contribution < -0.4 is 10.3 Å². The van der Waals surface area contributed by atoms with E-state index in [4.69, 9.17) is 9.72 Å². The zero-order chi connectivity index (χ0) is 25.8. The third kappa shape index (κ3) is 7.10. The van der Waals surface area contributed by atoms with Crippen LogP contribution in [0.25, 0.3) is 11.4 Å². The van der Waals surface area contributed by atoms with Crippen molar-refractivity contribution in [1.82, 2.24) is 9.55 Å². The average Bonchev–Trinajstić information content (AvgIpc) is 2.75. The molecule has 0 aliphatic heterocycles. The van der Waals surface area contributed by atoms with Crippen LogP contribution in [0.3, 0.4) is 0 Å². The highest BCUT2D eigenvalue weighted by Crippen LogP contribution is 2.30. The molecule has 0 spiro atoms. The number of carbonyl (C=O) groups is 1. The molecule has 186 valence electrons. The number of aromatic nitrogens is 2. The molecule has 0 amide bonds. The van der Waals surface area contributed by atoms with Crippen LogP contribution in [-0.2, 0) is 24.2 Å². The van der Waals surface area contributed by atoms with Crippen molar-refractivity contribution >= 4 is 5.97 Å². The summed E-state index contributed by atoms with van der Waals surface area (Å²) in [4.78, 5) is 31.1. The number of hydrogen-bond donors (Lipinski definition) is 0. The van der Waals surface area contributed by atoms with E-state index in [1.54, 1.807) is 22.8 Å². The maximum absolute atomic E-state index is 13.7. The van der Waals surface area contributed by atoms with Crippen molar-refractivity contribution < 1.29 is 13.9 Å². The molecule has 2 aromatic carbocycles. The van der Waals surface area contributed by atoms with E-state index in [0.29, 0.717) is 47.8 Å². The van der Waals surface area contributed by atoms with Crippen LogP contribution in [0.15, 0.2) is 53.3 Å². The molecule has 3 aromatic rings. The summed E-state index contributed by atoms with van der Waals surface area (Å²) in [6.07, 6.45) is 1.33. The van der Waals surface area contributed by atoms with E-state index in [1.165, 1.54) is 12.1 Å². The molecule has 5 nitrogen and oxygen atoms in total. The molecule has 6 heteroatoms. The first-order valence-electron chi connectivity index (χ1n) is 12.1. The van der Waals surface area contributed by atoms with Gasteiger partial charge in [0, 0.05) is 17.8 Å². The monoisotopic (exact) mass is 478 g/mol. The smallest absolute Gasteiger partial charge is 0.311 e. The summed E-state index contributed by atoms with van der Waals surface area (Å²) in [7, 11) is 0. The predicted molar refractivity (Wildman–Crippen MR) is 137 cm³/mol. The van der Waals surface area contributed by atoms with Crippen LogP contribution in [0.2, 0.25) is 0 Å². The largest absolute Gasteiger partial charge is 0.426 e. The van der Waals surface area contributed by atoms with E-state index in [1.807, 2.05) is 45.9 Å². The first kappa shape index (κ1) is 26.3. The van der Waals surface area contributed by atoms with Crippen LogP contribution in [-0.4, -0.2) is 15.5 Å². The van der Waals surface area contributed by atoms with E-state index >= 15 is 0 Å². The zero-order valence-corrected chi connectivity index (χ0v) is 21.5. The van der Waals surface area contributed by atoms with Crippen LogP contribution in [0, 0.1) is 24.1 Å². The SMILES string of the molecule is Cc1nc(-c2ccccc2OC(=O)CC(C)(C)C)n(CCc2cccc(F)c2)c(=O)c1CC(C)C. The molecule has 0 aliphatic rings. The summed E-state index contributed by atoms with van der Waals surface area (Å²) < 4.78 is 21.1. The van der Waals surface area contributed by atoms with Gasteiger partial charge in [-0.15, -0.1) is 0 Å². The third-order valence-corrected chi connectivity index (χ3v) is 5.62. The molecule has 1 aromatic heterocycles. The quantitative estimate of drug-likeness (QED) is 0.288. The molecule has 1 heterocycles. The van der Waals surface area contributed by atoms with Gasteiger partial charge >= 0.3 is 5.97 Å². The zero-order valence-electron chi connectivity index (χ0n) is 21.5. The van der Waals surface area contributed by atoms with E-state index in [9.17, 15) is 14.0 Å². The van der Waals surface area contributed by atoms with Gasteiger partial charge in [0.1, 0.15) is 17.4 Å². The Morgan fingerprint density at radius 2 is 1.83 bits per heavy atom. The lowest BCUT2D eigenvalue weighted by atomic mass is 9.92. The Balaban J connectivity index is 2.09. The van der Waals surface area contributed by atoms with Crippen LogP contribution in [0.5, 0.6) is 5.75 Å². The molecule has 0 fully saturated rings. The number of para-hydroxylation sites is 1. The molecule has 0 aliphatic carbocycles. The fourth-order valence-electron chi connectivity index (χ4n) is 4.02.